The molecule has 0 saturated heterocycles. The molecule has 176 valence electrons. The van der Waals surface area contributed by atoms with E-state index >= 15 is 0 Å². The Bertz CT molecular complexity index is 846. The summed E-state index contributed by atoms with van der Waals surface area (Å²) in [4.78, 5) is 11.8. The fourth-order valence-electron chi connectivity index (χ4n) is 2.82. The maximum atomic E-state index is 14.1. The summed E-state index contributed by atoms with van der Waals surface area (Å²) in [5.41, 5.74) is -0.355. The van der Waals surface area contributed by atoms with Crippen LogP contribution in [0.25, 0.3) is 0 Å². The van der Waals surface area contributed by atoms with Gasteiger partial charge in [-0.3, -0.25) is 4.79 Å². The molecule has 0 saturated carbocycles. The lowest BCUT2D eigenvalue weighted by Gasteiger charge is -2.40. The number of anilines is 1. The predicted octanol–water partition coefficient (Wildman–Crippen LogP) is 5.70. The molecule has 1 amide bonds. The zero-order valence-corrected chi connectivity index (χ0v) is 14.7. The number of nitrogens with zero attached hydrogens (tertiary/aromatic N) is 1. The fraction of sp³-hybridized carbons (Fsp3) is 0.562. The van der Waals surface area contributed by atoms with Crippen LogP contribution in [0.2, 0.25) is 0 Å². The number of hydrogen-bond donors (Lipinski definition) is 0. The van der Waals surface area contributed by atoms with E-state index in [0.717, 1.165) is 12.1 Å². The topological polar surface area (TPSA) is 20.3 Å². The van der Waals surface area contributed by atoms with Crippen molar-refractivity contribution in [3.05, 3.63) is 29.8 Å². The Morgan fingerprint density at radius 2 is 1.19 bits per heavy atom. The third kappa shape index (κ3) is 3.39. The molecule has 31 heavy (non-hydrogen) atoms. The summed E-state index contributed by atoms with van der Waals surface area (Å²) in [6, 6.07) is 4.66. The van der Waals surface area contributed by atoms with Gasteiger partial charge in [-0.15, -0.1) is 0 Å². The van der Waals surface area contributed by atoms with Crippen LogP contribution in [0, 0.1) is 0 Å². The SMILES string of the molecule is O=C(N1CCCc2ccccc21)C(F)(F)C(F)(F)C(F)(F)C(F)(F)C(F)(F)C(F)(F)F. The lowest BCUT2D eigenvalue weighted by atomic mass is 9.92. The molecule has 0 radical (unpaired) electrons. The average molecular weight is 479 g/mol. The predicted molar refractivity (Wildman–Crippen MR) is 77.9 cm³/mol. The number of benzene rings is 1. The zero-order valence-electron chi connectivity index (χ0n) is 14.7. The summed E-state index contributed by atoms with van der Waals surface area (Å²) in [7, 11) is 0. The van der Waals surface area contributed by atoms with E-state index in [2.05, 4.69) is 0 Å². The summed E-state index contributed by atoms with van der Waals surface area (Å²) in [5.74, 6) is -41.5. The maximum absolute atomic E-state index is 14.1. The first-order chi connectivity index (χ1) is 13.7. The third-order valence-electron chi connectivity index (χ3n) is 4.56. The molecule has 0 bridgehead atoms. The van der Waals surface area contributed by atoms with Gasteiger partial charge in [-0.2, -0.15) is 57.1 Å². The summed E-state index contributed by atoms with van der Waals surface area (Å²) < 4.78 is 172. The number of carbonyl (C=O) groups is 1. The first-order valence-corrected chi connectivity index (χ1v) is 8.11. The maximum Gasteiger partial charge on any atom is 0.460 e. The van der Waals surface area contributed by atoms with Crippen molar-refractivity contribution in [2.45, 2.75) is 48.6 Å². The molecule has 1 heterocycles. The molecule has 1 aromatic rings. The number of carbonyl (C=O) groups excluding carboxylic acids is 1. The monoisotopic (exact) mass is 479 g/mol. The van der Waals surface area contributed by atoms with Crippen LogP contribution in [-0.4, -0.2) is 48.2 Å². The second kappa shape index (κ2) is 7.15. The summed E-state index contributed by atoms with van der Waals surface area (Å²) in [6.45, 7) is -0.762. The van der Waals surface area contributed by atoms with Gasteiger partial charge in [0.1, 0.15) is 0 Å². The van der Waals surface area contributed by atoms with Crippen molar-refractivity contribution in [3.8, 4) is 0 Å². The van der Waals surface area contributed by atoms with Gasteiger partial charge in [-0.05, 0) is 24.5 Å². The van der Waals surface area contributed by atoms with Gasteiger partial charge in [0, 0.05) is 12.2 Å². The smallest absolute Gasteiger partial charge is 0.307 e. The summed E-state index contributed by atoms with van der Waals surface area (Å²) in [6.07, 6.45) is -7.52. The highest BCUT2D eigenvalue weighted by Crippen LogP contribution is 2.60. The van der Waals surface area contributed by atoms with Gasteiger partial charge in [0.05, 0.1) is 0 Å². The molecule has 1 aromatic carbocycles. The highest BCUT2D eigenvalue weighted by Gasteiger charge is 2.91. The van der Waals surface area contributed by atoms with Gasteiger partial charge in [-0.1, -0.05) is 18.2 Å². The number of halogens is 13. The minimum Gasteiger partial charge on any atom is -0.307 e. The Hall–Kier alpha value is -2.22. The van der Waals surface area contributed by atoms with Crippen molar-refractivity contribution < 1.29 is 61.9 Å². The van der Waals surface area contributed by atoms with Crippen molar-refractivity contribution >= 4 is 11.6 Å². The standard InChI is InChI=1S/C16H10F13NO/c17-11(18,10(31)30-7-3-5-8-4-1-2-6-9(8)30)12(19,20)13(21,22)14(23,24)15(25,26)16(27,28)29/h1-2,4,6H,3,5,7H2. The lowest BCUT2D eigenvalue weighted by molar-refractivity contribution is -0.436. The number of para-hydroxylation sites is 1. The third-order valence-corrected chi connectivity index (χ3v) is 4.56. The van der Waals surface area contributed by atoms with E-state index < -0.39 is 53.9 Å². The molecule has 0 spiro atoms. The second-order valence-corrected chi connectivity index (χ2v) is 6.56. The Balaban J connectivity index is 2.53. The first-order valence-electron chi connectivity index (χ1n) is 8.11. The zero-order chi connectivity index (χ0) is 24.3. The Labute approximate surface area is 164 Å². The van der Waals surface area contributed by atoms with Gasteiger partial charge >= 0.3 is 41.7 Å². The van der Waals surface area contributed by atoms with Crippen LogP contribution in [-0.2, 0) is 11.2 Å². The van der Waals surface area contributed by atoms with Crippen LogP contribution < -0.4 is 4.90 Å². The lowest BCUT2D eigenvalue weighted by Crippen LogP contribution is -2.72. The summed E-state index contributed by atoms with van der Waals surface area (Å²) in [5, 5.41) is 0. The molecule has 2 nitrogen and oxygen atoms in total. The quantitative estimate of drug-likeness (QED) is 0.496. The van der Waals surface area contributed by atoms with Crippen LogP contribution in [0.3, 0.4) is 0 Å². The highest BCUT2D eigenvalue weighted by molar-refractivity contribution is 6.00. The second-order valence-electron chi connectivity index (χ2n) is 6.56. The van der Waals surface area contributed by atoms with E-state index in [-0.39, 0.29) is 23.3 Å². The Kier molecular flexibility index (Phi) is 5.78. The van der Waals surface area contributed by atoms with Crippen molar-refractivity contribution in [2.24, 2.45) is 0 Å². The normalized spacial score (nSPS) is 16.9. The van der Waals surface area contributed by atoms with E-state index in [9.17, 15) is 61.9 Å². The van der Waals surface area contributed by atoms with Gasteiger partial charge in [0.25, 0.3) is 0 Å². The van der Waals surface area contributed by atoms with Crippen LogP contribution in [0.5, 0.6) is 0 Å². The van der Waals surface area contributed by atoms with Crippen LogP contribution in [0.15, 0.2) is 24.3 Å². The molecule has 1 aliphatic heterocycles. The molecular weight excluding hydrogens is 469 g/mol. The van der Waals surface area contributed by atoms with Crippen molar-refractivity contribution in [1.82, 2.24) is 0 Å². The van der Waals surface area contributed by atoms with E-state index in [4.69, 9.17) is 0 Å². The fourth-order valence-corrected chi connectivity index (χ4v) is 2.82. The molecule has 15 heteroatoms. The molecule has 2 rings (SSSR count). The molecule has 1 aliphatic rings. The number of aryl methyl sites for hydroxylation is 1. The largest absolute Gasteiger partial charge is 0.460 e. The molecule has 0 aromatic heterocycles. The molecule has 0 aliphatic carbocycles. The van der Waals surface area contributed by atoms with Crippen LogP contribution >= 0.6 is 0 Å². The highest BCUT2D eigenvalue weighted by atomic mass is 19.4. The van der Waals surface area contributed by atoms with Crippen LogP contribution in [0.1, 0.15) is 12.0 Å². The van der Waals surface area contributed by atoms with Gasteiger partial charge in [0.2, 0.25) is 0 Å². The molecule has 0 fully saturated rings. The minimum atomic E-state index is -8.04. The first kappa shape index (κ1) is 25.0. The van der Waals surface area contributed by atoms with E-state index in [0.29, 0.717) is 0 Å². The molecule has 0 atom stereocenters. The van der Waals surface area contributed by atoms with Crippen molar-refractivity contribution in [2.75, 3.05) is 11.4 Å². The number of rotatable bonds is 5. The number of hydrogen-bond acceptors (Lipinski definition) is 1. The van der Waals surface area contributed by atoms with E-state index in [1.807, 2.05) is 0 Å². The molecule has 0 N–H and O–H groups in total. The number of amides is 1. The van der Waals surface area contributed by atoms with E-state index in [1.165, 1.54) is 12.1 Å². The Morgan fingerprint density at radius 3 is 1.71 bits per heavy atom. The summed E-state index contributed by atoms with van der Waals surface area (Å²) >= 11 is 0. The van der Waals surface area contributed by atoms with Gasteiger partial charge in [0.15, 0.2) is 0 Å². The van der Waals surface area contributed by atoms with Gasteiger partial charge < -0.3 is 4.90 Å². The van der Waals surface area contributed by atoms with Crippen molar-refractivity contribution in [3.63, 3.8) is 0 Å². The number of fused-ring (bicyclic) bond motifs is 1. The van der Waals surface area contributed by atoms with E-state index in [1.54, 1.807) is 0 Å². The molecule has 0 unspecified atom stereocenters. The average Bonchev–Trinajstić information content (AvgIpc) is 2.65. The van der Waals surface area contributed by atoms with Crippen LogP contribution in [0.4, 0.5) is 62.8 Å². The number of alkyl halides is 13. The Morgan fingerprint density at radius 1 is 0.710 bits per heavy atom. The molecular formula is C16H10F13NO. The van der Waals surface area contributed by atoms with Gasteiger partial charge in [-0.25, -0.2) is 0 Å². The minimum absolute atomic E-state index is 0.113. The van der Waals surface area contributed by atoms with Crippen molar-refractivity contribution in [1.29, 1.82) is 0 Å².